The zero-order valence-corrected chi connectivity index (χ0v) is 15.3. The molecule has 2 atom stereocenters. The second kappa shape index (κ2) is 8.34. The molecule has 23 heavy (non-hydrogen) atoms. The third-order valence-corrected chi connectivity index (χ3v) is 4.85. The van der Waals surface area contributed by atoms with Crippen LogP contribution in [-0.2, 0) is 9.47 Å². The maximum Gasteiger partial charge on any atom is 0.410 e. The summed E-state index contributed by atoms with van der Waals surface area (Å²) in [6, 6.07) is 1.03. The highest BCUT2D eigenvalue weighted by molar-refractivity contribution is 5.68. The quantitative estimate of drug-likeness (QED) is 0.865. The molecular weight excluding hydrogens is 292 g/mol. The maximum atomic E-state index is 12.2. The molecule has 2 aliphatic rings. The van der Waals surface area contributed by atoms with Gasteiger partial charge in [0.25, 0.3) is 0 Å². The van der Waals surface area contributed by atoms with Crippen molar-refractivity contribution in [2.24, 2.45) is 5.92 Å². The molecule has 5 heteroatoms. The fraction of sp³-hybridized carbons (Fsp3) is 0.944. The molecule has 0 radical (unpaired) electrons. The van der Waals surface area contributed by atoms with Crippen molar-refractivity contribution in [2.45, 2.75) is 77.5 Å². The molecule has 2 fully saturated rings. The molecule has 2 heterocycles. The Balaban J connectivity index is 1.78. The molecule has 2 aliphatic heterocycles. The van der Waals surface area contributed by atoms with Crippen LogP contribution < -0.4 is 5.32 Å². The van der Waals surface area contributed by atoms with Crippen LogP contribution in [0.4, 0.5) is 4.79 Å². The van der Waals surface area contributed by atoms with Crippen molar-refractivity contribution in [3.63, 3.8) is 0 Å². The first-order valence-electron chi connectivity index (χ1n) is 9.17. The lowest BCUT2D eigenvalue weighted by Gasteiger charge is -2.31. The summed E-state index contributed by atoms with van der Waals surface area (Å²) in [6.07, 6.45) is 5.32. The summed E-state index contributed by atoms with van der Waals surface area (Å²) in [7, 11) is 0. The van der Waals surface area contributed by atoms with Crippen molar-refractivity contribution in [1.29, 1.82) is 0 Å². The third kappa shape index (κ3) is 6.30. The van der Waals surface area contributed by atoms with Crippen LogP contribution in [0.15, 0.2) is 0 Å². The van der Waals surface area contributed by atoms with Gasteiger partial charge in [0.05, 0.1) is 0 Å². The van der Waals surface area contributed by atoms with Gasteiger partial charge in [-0.1, -0.05) is 0 Å². The summed E-state index contributed by atoms with van der Waals surface area (Å²) in [4.78, 5) is 14.1. The number of nitrogens with one attached hydrogen (secondary N) is 1. The number of hydrogen-bond donors (Lipinski definition) is 1. The molecule has 0 saturated carbocycles. The van der Waals surface area contributed by atoms with Crippen molar-refractivity contribution in [3.05, 3.63) is 0 Å². The van der Waals surface area contributed by atoms with E-state index in [0.29, 0.717) is 18.0 Å². The van der Waals surface area contributed by atoms with Gasteiger partial charge in [0, 0.05) is 38.4 Å². The van der Waals surface area contributed by atoms with Gasteiger partial charge in [0.2, 0.25) is 0 Å². The molecule has 134 valence electrons. The minimum atomic E-state index is -0.418. The standard InChI is InChI=1S/C18H34N2O3/c1-14(15-8-12-22-13-9-15)19-16-6-5-10-20(11-7-16)17(21)23-18(2,3)4/h14-16,19H,5-13H2,1-4H3/t14-,16-/m1/s1. The van der Waals surface area contributed by atoms with Crippen LogP contribution in [0.25, 0.3) is 0 Å². The summed E-state index contributed by atoms with van der Waals surface area (Å²) < 4.78 is 11.0. The van der Waals surface area contributed by atoms with Gasteiger partial charge in [-0.15, -0.1) is 0 Å². The monoisotopic (exact) mass is 326 g/mol. The first-order valence-corrected chi connectivity index (χ1v) is 9.17. The summed E-state index contributed by atoms with van der Waals surface area (Å²) >= 11 is 0. The van der Waals surface area contributed by atoms with Gasteiger partial charge in [0.15, 0.2) is 0 Å². The number of amides is 1. The van der Waals surface area contributed by atoms with E-state index in [1.54, 1.807) is 0 Å². The molecule has 5 nitrogen and oxygen atoms in total. The molecule has 0 spiro atoms. The van der Waals surface area contributed by atoms with Gasteiger partial charge >= 0.3 is 6.09 Å². The molecule has 1 N–H and O–H groups in total. The molecule has 0 bridgehead atoms. The fourth-order valence-corrected chi connectivity index (χ4v) is 3.50. The number of rotatable bonds is 3. The summed E-state index contributed by atoms with van der Waals surface area (Å²) in [5.41, 5.74) is -0.418. The second-order valence-electron chi connectivity index (χ2n) is 8.00. The van der Waals surface area contributed by atoms with Crippen LogP contribution in [0.5, 0.6) is 0 Å². The van der Waals surface area contributed by atoms with Crippen molar-refractivity contribution < 1.29 is 14.3 Å². The van der Waals surface area contributed by atoms with Crippen molar-refractivity contribution in [3.8, 4) is 0 Å². The zero-order valence-electron chi connectivity index (χ0n) is 15.3. The molecule has 2 rings (SSSR count). The highest BCUT2D eigenvalue weighted by atomic mass is 16.6. The third-order valence-electron chi connectivity index (χ3n) is 4.85. The van der Waals surface area contributed by atoms with Crippen LogP contribution in [0.2, 0.25) is 0 Å². The lowest BCUT2D eigenvalue weighted by atomic mass is 9.92. The van der Waals surface area contributed by atoms with Gasteiger partial charge in [-0.25, -0.2) is 4.79 Å². The van der Waals surface area contributed by atoms with Gasteiger partial charge in [0.1, 0.15) is 5.60 Å². The zero-order chi connectivity index (χ0) is 16.9. The number of ether oxygens (including phenoxy) is 2. The molecular formula is C18H34N2O3. The largest absolute Gasteiger partial charge is 0.444 e. The van der Waals surface area contributed by atoms with Crippen LogP contribution in [0, 0.1) is 5.92 Å². The average molecular weight is 326 g/mol. The molecule has 0 aliphatic carbocycles. The Bertz CT molecular complexity index is 375. The molecule has 2 saturated heterocycles. The Kier molecular flexibility index (Phi) is 6.72. The predicted molar refractivity (Wildman–Crippen MR) is 91.6 cm³/mol. The first-order chi connectivity index (χ1) is 10.8. The highest BCUT2D eigenvalue weighted by Crippen LogP contribution is 2.21. The number of likely N-dealkylation sites (tertiary alicyclic amines) is 1. The minimum absolute atomic E-state index is 0.171. The van der Waals surface area contributed by atoms with Crippen LogP contribution >= 0.6 is 0 Å². The first kappa shape index (κ1) is 18.5. The molecule has 0 unspecified atom stereocenters. The van der Waals surface area contributed by atoms with E-state index in [-0.39, 0.29) is 6.09 Å². The lowest BCUT2D eigenvalue weighted by molar-refractivity contribution is 0.0255. The van der Waals surface area contributed by atoms with E-state index in [9.17, 15) is 4.79 Å². The maximum absolute atomic E-state index is 12.2. The molecule has 0 aromatic heterocycles. The van der Waals surface area contributed by atoms with E-state index in [0.717, 1.165) is 58.4 Å². The van der Waals surface area contributed by atoms with Gasteiger partial charge in [-0.2, -0.15) is 0 Å². The number of hydrogen-bond acceptors (Lipinski definition) is 4. The summed E-state index contributed by atoms with van der Waals surface area (Å²) in [5.74, 6) is 0.717. The number of carbonyl (C=O) groups is 1. The number of nitrogens with zero attached hydrogens (tertiary/aromatic N) is 1. The highest BCUT2D eigenvalue weighted by Gasteiger charge is 2.27. The summed E-state index contributed by atoms with van der Waals surface area (Å²) in [6.45, 7) is 11.4. The van der Waals surface area contributed by atoms with Gasteiger partial charge in [-0.05, 0) is 65.7 Å². The van der Waals surface area contributed by atoms with Gasteiger partial charge in [-0.3, -0.25) is 0 Å². The molecule has 0 aromatic carbocycles. The average Bonchev–Trinajstić information content (AvgIpc) is 2.72. The predicted octanol–water partition coefficient (Wildman–Crippen LogP) is 3.18. The van der Waals surface area contributed by atoms with E-state index < -0.39 is 5.60 Å². The Morgan fingerprint density at radius 3 is 2.52 bits per heavy atom. The smallest absolute Gasteiger partial charge is 0.410 e. The Morgan fingerprint density at radius 2 is 1.87 bits per heavy atom. The Morgan fingerprint density at radius 1 is 1.17 bits per heavy atom. The Hall–Kier alpha value is -0.810. The SMILES string of the molecule is C[C@@H](N[C@@H]1CCCN(C(=O)OC(C)(C)C)CC1)C1CCOCC1. The van der Waals surface area contributed by atoms with Crippen LogP contribution in [0.1, 0.15) is 59.8 Å². The van der Waals surface area contributed by atoms with Crippen LogP contribution in [-0.4, -0.2) is 55.0 Å². The van der Waals surface area contributed by atoms with Crippen molar-refractivity contribution in [1.82, 2.24) is 10.2 Å². The topological polar surface area (TPSA) is 50.8 Å². The van der Waals surface area contributed by atoms with E-state index in [4.69, 9.17) is 9.47 Å². The van der Waals surface area contributed by atoms with E-state index in [1.807, 2.05) is 25.7 Å². The molecule has 0 aromatic rings. The second-order valence-corrected chi connectivity index (χ2v) is 8.00. The van der Waals surface area contributed by atoms with Crippen molar-refractivity contribution in [2.75, 3.05) is 26.3 Å². The van der Waals surface area contributed by atoms with E-state index in [2.05, 4.69) is 12.2 Å². The van der Waals surface area contributed by atoms with Gasteiger partial charge < -0.3 is 19.7 Å². The van der Waals surface area contributed by atoms with E-state index in [1.165, 1.54) is 0 Å². The summed E-state index contributed by atoms with van der Waals surface area (Å²) in [5, 5.41) is 3.80. The Labute approximate surface area is 141 Å². The van der Waals surface area contributed by atoms with Crippen molar-refractivity contribution >= 4 is 6.09 Å². The molecule has 1 amide bonds. The van der Waals surface area contributed by atoms with E-state index >= 15 is 0 Å². The normalized spacial score (nSPS) is 25.7. The number of carbonyl (C=O) groups excluding carboxylic acids is 1. The minimum Gasteiger partial charge on any atom is -0.444 e. The van der Waals surface area contributed by atoms with Crippen LogP contribution in [0.3, 0.4) is 0 Å². The fourth-order valence-electron chi connectivity index (χ4n) is 3.50. The lowest BCUT2D eigenvalue weighted by Crippen LogP contribution is -2.43.